The lowest BCUT2D eigenvalue weighted by atomic mass is 10.2. The molecule has 2 rings (SSSR count). The van der Waals surface area contributed by atoms with E-state index >= 15 is 0 Å². The number of benzene rings is 1. The van der Waals surface area contributed by atoms with Crippen molar-refractivity contribution in [3.63, 3.8) is 0 Å². The number of nitrogens with zero attached hydrogens (tertiary/aromatic N) is 1. The van der Waals surface area contributed by atoms with E-state index in [-0.39, 0.29) is 11.1 Å². The molecule has 1 saturated heterocycles. The predicted octanol–water partition coefficient (Wildman–Crippen LogP) is 2.34. The van der Waals surface area contributed by atoms with E-state index in [2.05, 4.69) is 9.74 Å². The van der Waals surface area contributed by atoms with Gasteiger partial charge in [0.2, 0.25) is 0 Å². The summed E-state index contributed by atoms with van der Waals surface area (Å²) in [6.45, 7) is 1.41. The Bertz CT molecular complexity index is 375. The van der Waals surface area contributed by atoms with Crippen molar-refractivity contribution < 1.29 is 9.23 Å². The van der Waals surface area contributed by atoms with Gasteiger partial charge in [-0.1, -0.05) is 11.6 Å². The van der Waals surface area contributed by atoms with Crippen molar-refractivity contribution in [1.29, 1.82) is 0 Å². The zero-order valence-corrected chi connectivity index (χ0v) is 9.58. The van der Waals surface area contributed by atoms with Crippen molar-refractivity contribution in [1.82, 2.24) is 0 Å². The van der Waals surface area contributed by atoms with Gasteiger partial charge >= 0.3 is 0 Å². The summed E-state index contributed by atoms with van der Waals surface area (Å²) in [4.78, 5) is 6.83. The van der Waals surface area contributed by atoms with Crippen LogP contribution in [0.15, 0.2) is 18.2 Å². The monoisotopic (exact) mass is 244 g/mol. The number of anilines is 1. The Labute approximate surface area is 98.9 Å². The average molecular weight is 245 g/mol. The molecule has 16 heavy (non-hydrogen) atoms. The van der Waals surface area contributed by atoms with Gasteiger partial charge in [0.1, 0.15) is 5.82 Å². The van der Waals surface area contributed by atoms with E-state index in [0.29, 0.717) is 6.61 Å². The molecule has 0 bridgehead atoms. The summed E-state index contributed by atoms with van der Waals surface area (Å²) >= 11 is 5.76. The largest absolute Gasteiger partial charge is 0.366 e. The molecule has 0 saturated carbocycles. The molecule has 0 amide bonds. The van der Waals surface area contributed by atoms with Gasteiger partial charge in [-0.15, -0.1) is 0 Å². The topological polar surface area (TPSA) is 38.5 Å². The summed E-state index contributed by atoms with van der Waals surface area (Å²) in [5.74, 6) is 4.70. The molecule has 1 fully saturated rings. The van der Waals surface area contributed by atoms with E-state index in [9.17, 15) is 4.39 Å². The van der Waals surface area contributed by atoms with Crippen LogP contribution in [-0.2, 0) is 4.84 Å². The van der Waals surface area contributed by atoms with Gasteiger partial charge < -0.3 is 9.74 Å². The fraction of sp³-hybridized carbons (Fsp3) is 0.455. The quantitative estimate of drug-likeness (QED) is 0.830. The van der Waals surface area contributed by atoms with Crippen molar-refractivity contribution >= 4 is 17.3 Å². The van der Waals surface area contributed by atoms with Crippen molar-refractivity contribution in [3.05, 3.63) is 29.0 Å². The molecule has 0 spiro atoms. The van der Waals surface area contributed by atoms with Crippen LogP contribution >= 0.6 is 11.6 Å². The second-order valence-corrected chi connectivity index (χ2v) is 4.33. The van der Waals surface area contributed by atoms with Gasteiger partial charge in [-0.05, 0) is 31.0 Å². The normalized spacial score (nSPS) is 20.4. The van der Waals surface area contributed by atoms with Gasteiger partial charge in [-0.25, -0.2) is 10.3 Å². The fourth-order valence-corrected chi connectivity index (χ4v) is 2.30. The number of rotatable bonds is 3. The molecule has 1 heterocycles. The molecule has 1 aliphatic heterocycles. The van der Waals surface area contributed by atoms with Gasteiger partial charge in [0.05, 0.1) is 17.7 Å². The maximum Gasteiger partial charge on any atom is 0.141 e. The van der Waals surface area contributed by atoms with E-state index in [0.717, 1.165) is 25.1 Å². The maximum absolute atomic E-state index is 13.0. The number of nitrogens with two attached hydrogens (primary N) is 1. The van der Waals surface area contributed by atoms with E-state index in [1.54, 1.807) is 12.1 Å². The highest BCUT2D eigenvalue weighted by Gasteiger charge is 2.25. The van der Waals surface area contributed by atoms with Gasteiger partial charge in [0.25, 0.3) is 0 Å². The Kier molecular flexibility index (Phi) is 3.63. The van der Waals surface area contributed by atoms with Crippen LogP contribution in [0.2, 0.25) is 5.02 Å². The van der Waals surface area contributed by atoms with Crippen LogP contribution in [-0.4, -0.2) is 19.2 Å². The number of halogens is 2. The highest BCUT2D eigenvalue weighted by Crippen LogP contribution is 2.28. The Morgan fingerprint density at radius 2 is 2.38 bits per heavy atom. The van der Waals surface area contributed by atoms with Crippen molar-refractivity contribution in [2.45, 2.75) is 18.9 Å². The fourth-order valence-electron chi connectivity index (χ4n) is 2.12. The third-order valence-electron chi connectivity index (χ3n) is 2.90. The summed E-state index contributed by atoms with van der Waals surface area (Å²) in [5.41, 5.74) is 0.922. The molecule has 1 aliphatic rings. The Morgan fingerprint density at radius 1 is 1.56 bits per heavy atom. The van der Waals surface area contributed by atoms with Crippen LogP contribution < -0.4 is 10.8 Å². The van der Waals surface area contributed by atoms with Crippen LogP contribution in [0.4, 0.5) is 10.1 Å². The highest BCUT2D eigenvalue weighted by molar-refractivity contribution is 6.31. The second kappa shape index (κ2) is 4.99. The first kappa shape index (κ1) is 11.6. The Hall–Kier alpha value is -0.840. The smallest absolute Gasteiger partial charge is 0.141 e. The van der Waals surface area contributed by atoms with Crippen LogP contribution in [0, 0.1) is 5.82 Å². The van der Waals surface area contributed by atoms with Gasteiger partial charge in [0.15, 0.2) is 0 Å². The summed E-state index contributed by atoms with van der Waals surface area (Å²) in [5, 5.41) is 0.150. The van der Waals surface area contributed by atoms with Crippen LogP contribution in [0.1, 0.15) is 12.8 Å². The summed E-state index contributed by atoms with van der Waals surface area (Å²) in [7, 11) is 0. The standard InChI is InChI=1S/C11H14ClFN2O/c12-10-6-8(3-4-11(10)13)15-5-1-2-9(15)7-16-14/h3-4,6,9H,1-2,5,7,14H2. The van der Waals surface area contributed by atoms with Crippen molar-refractivity contribution in [2.24, 2.45) is 5.90 Å². The Balaban J connectivity index is 2.19. The molecule has 3 nitrogen and oxygen atoms in total. The summed E-state index contributed by atoms with van der Waals surface area (Å²) < 4.78 is 13.0. The third-order valence-corrected chi connectivity index (χ3v) is 3.19. The molecule has 2 N–H and O–H groups in total. The van der Waals surface area contributed by atoms with E-state index in [1.807, 2.05) is 0 Å². The molecular formula is C11H14ClFN2O. The molecule has 1 aromatic rings. The third kappa shape index (κ3) is 2.29. The Morgan fingerprint density at radius 3 is 3.06 bits per heavy atom. The minimum Gasteiger partial charge on any atom is -0.366 e. The first-order chi connectivity index (χ1) is 7.72. The molecule has 1 aromatic carbocycles. The first-order valence-corrected chi connectivity index (χ1v) is 5.63. The second-order valence-electron chi connectivity index (χ2n) is 3.92. The molecule has 5 heteroatoms. The minimum absolute atomic E-state index is 0.150. The van der Waals surface area contributed by atoms with E-state index in [4.69, 9.17) is 17.5 Å². The lowest BCUT2D eigenvalue weighted by molar-refractivity contribution is 0.124. The van der Waals surface area contributed by atoms with Gasteiger partial charge in [-0.2, -0.15) is 0 Å². The summed E-state index contributed by atoms with van der Waals surface area (Å²) in [6.07, 6.45) is 2.12. The van der Waals surface area contributed by atoms with Crippen LogP contribution in [0.5, 0.6) is 0 Å². The SMILES string of the molecule is NOCC1CCCN1c1ccc(F)c(Cl)c1. The van der Waals surface area contributed by atoms with Crippen molar-refractivity contribution in [3.8, 4) is 0 Å². The number of hydrogen-bond donors (Lipinski definition) is 1. The molecule has 0 aliphatic carbocycles. The van der Waals surface area contributed by atoms with Crippen LogP contribution in [0.25, 0.3) is 0 Å². The van der Waals surface area contributed by atoms with Crippen molar-refractivity contribution in [2.75, 3.05) is 18.1 Å². The molecule has 0 radical (unpaired) electrons. The zero-order chi connectivity index (χ0) is 11.5. The molecular weight excluding hydrogens is 231 g/mol. The van der Waals surface area contributed by atoms with Gasteiger partial charge in [0, 0.05) is 12.2 Å². The molecule has 1 unspecified atom stereocenters. The molecule has 1 atom stereocenters. The zero-order valence-electron chi connectivity index (χ0n) is 8.83. The predicted molar refractivity (Wildman–Crippen MR) is 61.9 cm³/mol. The maximum atomic E-state index is 13.0. The highest BCUT2D eigenvalue weighted by atomic mass is 35.5. The van der Waals surface area contributed by atoms with Crippen LogP contribution in [0.3, 0.4) is 0 Å². The first-order valence-electron chi connectivity index (χ1n) is 5.25. The average Bonchev–Trinajstić information content (AvgIpc) is 2.71. The minimum atomic E-state index is -0.392. The number of hydrogen-bond acceptors (Lipinski definition) is 3. The van der Waals surface area contributed by atoms with E-state index in [1.165, 1.54) is 6.07 Å². The summed E-state index contributed by atoms with van der Waals surface area (Å²) in [6, 6.07) is 5.02. The molecule has 88 valence electrons. The van der Waals surface area contributed by atoms with Gasteiger partial charge in [-0.3, -0.25) is 0 Å². The lowest BCUT2D eigenvalue weighted by Gasteiger charge is -2.26. The lowest BCUT2D eigenvalue weighted by Crippen LogP contribution is -2.34. The molecule has 0 aromatic heterocycles. The van der Waals surface area contributed by atoms with E-state index < -0.39 is 5.82 Å².